The fraction of sp³-hybridized carbons (Fsp3) is 0.333. The first-order chi connectivity index (χ1) is 13.1. The average molecular weight is 365 g/mol. The average Bonchev–Trinajstić information content (AvgIpc) is 3.14. The fourth-order valence-electron chi connectivity index (χ4n) is 3.29. The van der Waals surface area contributed by atoms with Crippen molar-refractivity contribution in [2.24, 2.45) is 4.99 Å². The Kier molecular flexibility index (Phi) is 6.30. The summed E-state index contributed by atoms with van der Waals surface area (Å²) in [6.45, 7) is 4.15. The Bertz CT molecular complexity index is 790. The molecule has 1 atom stereocenters. The van der Waals surface area contributed by atoms with Crippen LogP contribution in [0.4, 0.5) is 11.4 Å². The molecule has 1 amide bonds. The van der Waals surface area contributed by atoms with E-state index in [-0.39, 0.29) is 5.91 Å². The molecule has 1 aliphatic rings. The van der Waals surface area contributed by atoms with Gasteiger partial charge in [-0.15, -0.1) is 0 Å². The zero-order valence-electron chi connectivity index (χ0n) is 15.9. The molecule has 1 heterocycles. The van der Waals surface area contributed by atoms with E-state index < -0.39 is 0 Å². The van der Waals surface area contributed by atoms with Gasteiger partial charge in [-0.25, -0.2) is 0 Å². The minimum Gasteiger partial charge on any atom is -0.369 e. The molecule has 6 nitrogen and oxygen atoms in total. The molecule has 27 heavy (non-hydrogen) atoms. The molecule has 0 bridgehead atoms. The molecule has 3 rings (SSSR count). The van der Waals surface area contributed by atoms with Crippen LogP contribution in [0.25, 0.3) is 0 Å². The van der Waals surface area contributed by atoms with E-state index in [1.54, 1.807) is 7.05 Å². The molecule has 1 fully saturated rings. The van der Waals surface area contributed by atoms with Gasteiger partial charge in [0, 0.05) is 51.0 Å². The van der Waals surface area contributed by atoms with Gasteiger partial charge in [0.2, 0.25) is 5.91 Å². The van der Waals surface area contributed by atoms with E-state index in [0.29, 0.717) is 12.6 Å². The molecule has 1 aliphatic heterocycles. The number of nitrogens with zero attached hydrogens (tertiary/aromatic N) is 2. The third-order valence-corrected chi connectivity index (χ3v) is 4.58. The smallest absolute Gasteiger partial charge is 0.221 e. The van der Waals surface area contributed by atoms with Crippen molar-refractivity contribution in [1.82, 2.24) is 10.6 Å². The number of anilines is 2. The Balaban J connectivity index is 1.51. The van der Waals surface area contributed by atoms with Crippen LogP contribution < -0.4 is 20.9 Å². The Labute approximate surface area is 160 Å². The summed E-state index contributed by atoms with van der Waals surface area (Å²) in [5.74, 6) is 0.724. The van der Waals surface area contributed by atoms with E-state index >= 15 is 0 Å². The quantitative estimate of drug-likeness (QED) is 0.563. The number of rotatable bonds is 5. The van der Waals surface area contributed by atoms with E-state index in [1.165, 1.54) is 12.6 Å². The van der Waals surface area contributed by atoms with Crippen LogP contribution in [-0.4, -0.2) is 38.0 Å². The Morgan fingerprint density at radius 2 is 2.00 bits per heavy atom. The maximum Gasteiger partial charge on any atom is 0.221 e. The Morgan fingerprint density at radius 1 is 1.19 bits per heavy atom. The molecule has 1 unspecified atom stereocenters. The number of guanidine groups is 1. The second-order valence-corrected chi connectivity index (χ2v) is 6.72. The zero-order chi connectivity index (χ0) is 19.1. The van der Waals surface area contributed by atoms with Gasteiger partial charge in [0.15, 0.2) is 5.96 Å². The molecular weight excluding hydrogens is 338 g/mol. The lowest BCUT2D eigenvalue weighted by Crippen LogP contribution is -2.44. The number of carbonyl (C=O) groups is 1. The highest BCUT2D eigenvalue weighted by molar-refractivity contribution is 5.88. The maximum absolute atomic E-state index is 11.2. The first-order valence-electron chi connectivity index (χ1n) is 9.28. The number of nitrogens with one attached hydrogen (secondary N) is 3. The number of benzene rings is 2. The SMILES string of the molecule is CN=C(NCc1cccc(NC(C)=O)c1)NC1CCN(c2ccccc2)C1. The van der Waals surface area contributed by atoms with Crippen molar-refractivity contribution < 1.29 is 4.79 Å². The van der Waals surface area contributed by atoms with E-state index in [0.717, 1.165) is 36.7 Å². The van der Waals surface area contributed by atoms with E-state index in [2.05, 4.69) is 50.1 Å². The summed E-state index contributed by atoms with van der Waals surface area (Å²) in [5, 5.41) is 9.67. The minimum absolute atomic E-state index is 0.0678. The number of hydrogen-bond donors (Lipinski definition) is 3. The minimum atomic E-state index is -0.0678. The zero-order valence-corrected chi connectivity index (χ0v) is 15.9. The highest BCUT2D eigenvalue weighted by Crippen LogP contribution is 2.19. The van der Waals surface area contributed by atoms with Crippen LogP contribution in [-0.2, 0) is 11.3 Å². The third-order valence-electron chi connectivity index (χ3n) is 4.58. The lowest BCUT2D eigenvalue weighted by molar-refractivity contribution is -0.114. The third kappa shape index (κ3) is 5.48. The largest absolute Gasteiger partial charge is 0.369 e. The van der Waals surface area contributed by atoms with Gasteiger partial charge in [-0.2, -0.15) is 0 Å². The van der Waals surface area contributed by atoms with Gasteiger partial charge in [-0.05, 0) is 36.2 Å². The van der Waals surface area contributed by atoms with Crippen molar-refractivity contribution in [2.45, 2.75) is 25.9 Å². The summed E-state index contributed by atoms with van der Waals surface area (Å²) in [6.07, 6.45) is 1.08. The standard InChI is InChI=1S/C21H27N5O/c1-16(27)24-18-8-6-7-17(13-18)14-23-21(22-2)25-19-11-12-26(15-19)20-9-4-3-5-10-20/h3-10,13,19H,11-12,14-15H2,1-2H3,(H,24,27)(H2,22,23,25). The summed E-state index contributed by atoms with van der Waals surface area (Å²) in [7, 11) is 1.78. The second kappa shape index (κ2) is 9.07. The molecular formula is C21H27N5O. The lowest BCUT2D eigenvalue weighted by atomic mass is 10.2. The maximum atomic E-state index is 11.2. The van der Waals surface area contributed by atoms with Gasteiger partial charge in [-0.3, -0.25) is 9.79 Å². The lowest BCUT2D eigenvalue weighted by Gasteiger charge is -2.20. The summed E-state index contributed by atoms with van der Waals surface area (Å²) in [5.41, 5.74) is 3.15. The summed E-state index contributed by atoms with van der Waals surface area (Å²) >= 11 is 0. The Morgan fingerprint density at radius 3 is 2.74 bits per heavy atom. The molecule has 0 aliphatic carbocycles. The molecule has 2 aromatic carbocycles. The van der Waals surface area contributed by atoms with Crippen LogP contribution in [0.3, 0.4) is 0 Å². The molecule has 142 valence electrons. The van der Waals surface area contributed by atoms with E-state index in [9.17, 15) is 4.79 Å². The van der Waals surface area contributed by atoms with E-state index in [4.69, 9.17) is 0 Å². The van der Waals surface area contributed by atoms with Crippen LogP contribution in [0, 0.1) is 0 Å². The van der Waals surface area contributed by atoms with Gasteiger partial charge >= 0.3 is 0 Å². The predicted molar refractivity (Wildman–Crippen MR) is 111 cm³/mol. The number of hydrogen-bond acceptors (Lipinski definition) is 3. The van der Waals surface area contributed by atoms with Crippen molar-refractivity contribution in [3.63, 3.8) is 0 Å². The number of carbonyl (C=O) groups excluding carboxylic acids is 1. The van der Waals surface area contributed by atoms with E-state index in [1.807, 2.05) is 30.3 Å². The normalized spacial score (nSPS) is 16.9. The summed E-state index contributed by atoms with van der Waals surface area (Å²) in [6, 6.07) is 18.7. The van der Waals surface area contributed by atoms with Gasteiger partial charge in [0.25, 0.3) is 0 Å². The van der Waals surface area contributed by atoms with Gasteiger partial charge < -0.3 is 20.9 Å². The molecule has 3 N–H and O–H groups in total. The first-order valence-corrected chi connectivity index (χ1v) is 9.28. The van der Waals surface area contributed by atoms with Gasteiger partial charge in [0.05, 0.1) is 0 Å². The van der Waals surface area contributed by atoms with Crippen LogP contribution in [0.1, 0.15) is 18.9 Å². The van der Waals surface area contributed by atoms with Crippen molar-refractivity contribution in [1.29, 1.82) is 0 Å². The van der Waals surface area contributed by atoms with Crippen molar-refractivity contribution in [3.8, 4) is 0 Å². The molecule has 0 radical (unpaired) electrons. The van der Waals surface area contributed by atoms with Crippen LogP contribution in [0.5, 0.6) is 0 Å². The van der Waals surface area contributed by atoms with Gasteiger partial charge in [-0.1, -0.05) is 30.3 Å². The number of para-hydroxylation sites is 1. The summed E-state index contributed by atoms with van der Waals surface area (Å²) in [4.78, 5) is 17.9. The number of amides is 1. The molecule has 0 saturated carbocycles. The molecule has 0 spiro atoms. The highest BCUT2D eigenvalue weighted by Gasteiger charge is 2.23. The monoisotopic (exact) mass is 365 g/mol. The topological polar surface area (TPSA) is 68.8 Å². The van der Waals surface area contributed by atoms with Crippen LogP contribution in [0.15, 0.2) is 59.6 Å². The highest BCUT2D eigenvalue weighted by atomic mass is 16.1. The van der Waals surface area contributed by atoms with Crippen molar-refractivity contribution in [3.05, 3.63) is 60.2 Å². The molecule has 1 saturated heterocycles. The van der Waals surface area contributed by atoms with Crippen LogP contribution in [0.2, 0.25) is 0 Å². The predicted octanol–water partition coefficient (Wildman–Crippen LogP) is 2.59. The van der Waals surface area contributed by atoms with Crippen LogP contribution >= 0.6 is 0 Å². The van der Waals surface area contributed by atoms with Crippen molar-refractivity contribution in [2.75, 3.05) is 30.4 Å². The Hall–Kier alpha value is -3.02. The van der Waals surface area contributed by atoms with Gasteiger partial charge in [0.1, 0.15) is 0 Å². The first kappa shape index (κ1) is 18.8. The molecule has 0 aromatic heterocycles. The molecule has 6 heteroatoms. The second-order valence-electron chi connectivity index (χ2n) is 6.72. The number of aliphatic imine (C=N–C) groups is 1. The van der Waals surface area contributed by atoms with Crippen molar-refractivity contribution >= 4 is 23.2 Å². The fourth-order valence-corrected chi connectivity index (χ4v) is 3.29. The molecule has 2 aromatic rings. The summed E-state index contributed by atoms with van der Waals surface area (Å²) < 4.78 is 0.